The molecule has 0 radical (unpaired) electrons. The van der Waals surface area contributed by atoms with E-state index in [9.17, 15) is 0 Å². The number of rotatable bonds is 12. The Hall–Kier alpha value is -1.02. The maximum Gasteiger partial charge on any atom is 0.119 e. The highest BCUT2D eigenvalue weighted by Crippen LogP contribution is 2.14. The zero-order chi connectivity index (χ0) is 15.3. The number of unbranched alkanes of at least 4 members (excludes halogenated alkanes) is 5. The van der Waals surface area contributed by atoms with Crippen LogP contribution in [0.3, 0.4) is 0 Å². The molecule has 0 atom stereocenters. The summed E-state index contributed by atoms with van der Waals surface area (Å²) in [6.07, 6.45) is 10.2. The molecule has 0 aliphatic heterocycles. The van der Waals surface area contributed by atoms with Crippen molar-refractivity contribution in [1.82, 2.24) is 4.90 Å². The molecule has 1 aromatic carbocycles. The van der Waals surface area contributed by atoms with Gasteiger partial charge in [0.05, 0.1) is 6.61 Å². The number of benzene rings is 1. The topological polar surface area (TPSA) is 12.5 Å². The smallest absolute Gasteiger partial charge is 0.119 e. The molecule has 120 valence electrons. The lowest BCUT2D eigenvalue weighted by Gasteiger charge is -2.10. The van der Waals surface area contributed by atoms with Gasteiger partial charge in [0, 0.05) is 0 Å². The summed E-state index contributed by atoms with van der Waals surface area (Å²) in [4.78, 5) is 2.23. The van der Waals surface area contributed by atoms with Gasteiger partial charge in [0.15, 0.2) is 0 Å². The maximum atomic E-state index is 5.80. The molecule has 1 rings (SSSR count). The number of hydrogen-bond acceptors (Lipinski definition) is 2. The van der Waals surface area contributed by atoms with Crippen LogP contribution >= 0.6 is 0 Å². The number of ether oxygens (including phenoxy) is 1. The van der Waals surface area contributed by atoms with E-state index in [0.717, 1.165) is 25.3 Å². The van der Waals surface area contributed by atoms with Crippen LogP contribution < -0.4 is 4.74 Å². The Bertz CT molecular complexity index is 345. The van der Waals surface area contributed by atoms with Crippen LogP contribution in [0.4, 0.5) is 0 Å². The molecule has 0 amide bonds. The number of aryl methyl sites for hydroxylation is 1. The van der Waals surface area contributed by atoms with E-state index in [-0.39, 0.29) is 0 Å². The largest absolute Gasteiger partial charge is 0.494 e. The van der Waals surface area contributed by atoms with Gasteiger partial charge in [0.25, 0.3) is 0 Å². The van der Waals surface area contributed by atoms with Crippen LogP contribution in [0.5, 0.6) is 5.75 Å². The first-order valence-electron chi connectivity index (χ1n) is 8.59. The lowest BCUT2D eigenvalue weighted by atomic mass is 10.1. The summed E-state index contributed by atoms with van der Waals surface area (Å²) >= 11 is 0. The molecule has 2 heteroatoms. The minimum atomic E-state index is 0.853. The van der Waals surface area contributed by atoms with Crippen molar-refractivity contribution < 1.29 is 4.74 Å². The fourth-order valence-electron chi connectivity index (χ4n) is 2.42. The van der Waals surface area contributed by atoms with E-state index in [1.165, 1.54) is 50.5 Å². The Balaban J connectivity index is 2.10. The van der Waals surface area contributed by atoms with Crippen molar-refractivity contribution in [2.75, 3.05) is 27.2 Å². The predicted molar refractivity (Wildman–Crippen MR) is 92.2 cm³/mol. The fourth-order valence-corrected chi connectivity index (χ4v) is 2.42. The van der Waals surface area contributed by atoms with Crippen molar-refractivity contribution in [3.05, 3.63) is 29.8 Å². The molecule has 21 heavy (non-hydrogen) atoms. The van der Waals surface area contributed by atoms with Gasteiger partial charge in [-0.3, -0.25) is 0 Å². The molecular formula is C19H33NO. The normalized spacial score (nSPS) is 11.0. The van der Waals surface area contributed by atoms with E-state index < -0.39 is 0 Å². The van der Waals surface area contributed by atoms with Crippen LogP contribution in [0.1, 0.15) is 57.4 Å². The molecule has 0 aliphatic carbocycles. The summed E-state index contributed by atoms with van der Waals surface area (Å²) < 4.78 is 5.80. The third-order valence-electron chi connectivity index (χ3n) is 3.76. The summed E-state index contributed by atoms with van der Waals surface area (Å²) in [6.45, 7) is 4.26. The predicted octanol–water partition coefficient (Wildman–Crippen LogP) is 4.92. The fraction of sp³-hybridized carbons (Fsp3) is 0.684. The molecule has 0 saturated carbocycles. The van der Waals surface area contributed by atoms with E-state index >= 15 is 0 Å². The van der Waals surface area contributed by atoms with Gasteiger partial charge < -0.3 is 9.64 Å². The Kier molecular flexibility index (Phi) is 9.98. The van der Waals surface area contributed by atoms with Crippen LogP contribution in [0, 0.1) is 0 Å². The molecule has 0 unspecified atom stereocenters. The van der Waals surface area contributed by atoms with Gasteiger partial charge in [-0.15, -0.1) is 0 Å². The lowest BCUT2D eigenvalue weighted by Crippen LogP contribution is -2.13. The minimum absolute atomic E-state index is 0.853. The maximum absolute atomic E-state index is 5.80. The minimum Gasteiger partial charge on any atom is -0.494 e. The Labute approximate surface area is 131 Å². The molecule has 0 bridgehead atoms. The van der Waals surface area contributed by atoms with Gasteiger partial charge in [-0.25, -0.2) is 0 Å². The van der Waals surface area contributed by atoms with Crippen molar-refractivity contribution >= 4 is 0 Å². The SMILES string of the molecule is CCCCCCCCOc1ccc(CCCN(C)C)cc1. The highest BCUT2D eigenvalue weighted by atomic mass is 16.5. The molecule has 0 fully saturated rings. The number of hydrogen-bond donors (Lipinski definition) is 0. The molecule has 0 aliphatic rings. The van der Waals surface area contributed by atoms with Crippen LogP contribution in [0.25, 0.3) is 0 Å². The molecular weight excluding hydrogens is 258 g/mol. The lowest BCUT2D eigenvalue weighted by molar-refractivity contribution is 0.304. The third-order valence-corrected chi connectivity index (χ3v) is 3.76. The average Bonchev–Trinajstić information content (AvgIpc) is 2.47. The van der Waals surface area contributed by atoms with E-state index in [4.69, 9.17) is 4.74 Å². The molecule has 2 nitrogen and oxygen atoms in total. The van der Waals surface area contributed by atoms with Crippen molar-refractivity contribution in [3.63, 3.8) is 0 Å². The van der Waals surface area contributed by atoms with E-state index in [0.29, 0.717) is 0 Å². The molecule has 0 spiro atoms. The van der Waals surface area contributed by atoms with E-state index in [2.05, 4.69) is 50.2 Å². The second-order valence-corrected chi connectivity index (χ2v) is 6.17. The van der Waals surface area contributed by atoms with Crippen molar-refractivity contribution in [1.29, 1.82) is 0 Å². The van der Waals surface area contributed by atoms with Crippen molar-refractivity contribution in [3.8, 4) is 5.75 Å². The zero-order valence-corrected chi connectivity index (χ0v) is 14.2. The Morgan fingerprint density at radius 2 is 1.52 bits per heavy atom. The summed E-state index contributed by atoms with van der Waals surface area (Å²) in [5.74, 6) is 1.01. The summed E-state index contributed by atoms with van der Waals surface area (Å²) in [5.41, 5.74) is 1.41. The van der Waals surface area contributed by atoms with Crippen molar-refractivity contribution in [2.24, 2.45) is 0 Å². The standard InChI is InChI=1S/C19H33NO/c1-4-5-6-7-8-9-17-21-19-14-12-18(13-15-19)11-10-16-20(2)3/h12-15H,4-11,16-17H2,1-3H3. The van der Waals surface area contributed by atoms with Gasteiger partial charge >= 0.3 is 0 Å². The first kappa shape index (κ1) is 18.0. The summed E-state index contributed by atoms with van der Waals surface area (Å²) in [6, 6.07) is 8.63. The van der Waals surface area contributed by atoms with Crippen LogP contribution in [-0.2, 0) is 6.42 Å². The molecule has 0 aromatic heterocycles. The Morgan fingerprint density at radius 1 is 0.857 bits per heavy atom. The second kappa shape index (κ2) is 11.6. The molecule has 0 saturated heterocycles. The monoisotopic (exact) mass is 291 g/mol. The Morgan fingerprint density at radius 3 is 2.19 bits per heavy atom. The molecule has 1 aromatic rings. The second-order valence-electron chi connectivity index (χ2n) is 6.17. The quantitative estimate of drug-likeness (QED) is 0.507. The van der Waals surface area contributed by atoms with E-state index in [1.54, 1.807) is 0 Å². The third kappa shape index (κ3) is 9.52. The first-order chi connectivity index (χ1) is 10.2. The van der Waals surface area contributed by atoms with Gasteiger partial charge in [-0.05, 0) is 57.6 Å². The van der Waals surface area contributed by atoms with Gasteiger partial charge in [-0.1, -0.05) is 51.2 Å². The molecule has 0 N–H and O–H groups in total. The van der Waals surface area contributed by atoms with Gasteiger partial charge in [0.1, 0.15) is 5.75 Å². The first-order valence-corrected chi connectivity index (χ1v) is 8.59. The number of nitrogens with zero attached hydrogens (tertiary/aromatic N) is 1. The summed E-state index contributed by atoms with van der Waals surface area (Å²) in [7, 11) is 4.25. The van der Waals surface area contributed by atoms with Crippen LogP contribution in [-0.4, -0.2) is 32.1 Å². The molecule has 0 heterocycles. The van der Waals surface area contributed by atoms with Gasteiger partial charge in [-0.2, -0.15) is 0 Å². The van der Waals surface area contributed by atoms with Gasteiger partial charge in [0.2, 0.25) is 0 Å². The highest BCUT2D eigenvalue weighted by Gasteiger charge is 1.97. The van der Waals surface area contributed by atoms with Crippen LogP contribution in [0.2, 0.25) is 0 Å². The summed E-state index contributed by atoms with van der Waals surface area (Å²) in [5, 5.41) is 0. The zero-order valence-electron chi connectivity index (χ0n) is 14.2. The average molecular weight is 291 g/mol. The van der Waals surface area contributed by atoms with Crippen molar-refractivity contribution in [2.45, 2.75) is 58.3 Å². The van der Waals surface area contributed by atoms with E-state index in [1.807, 2.05) is 0 Å². The van der Waals surface area contributed by atoms with Crippen LogP contribution in [0.15, 0.2) is 24.3 Å². The highest BCUT2D eigenvalue weighted by molar-refractivity contribution is 5.27.